The maximum absolute atomic E-state index is 11.5. The molecule has 1 spiro atoms. The van der Waals surface area contributed by atoms with Crippen LogP contribution in [0.25, 0.3) is 0 Å². The standard InChI is InChI=1S/C15H22O6/c1-8-4-5-14(18)11(2)7-20-10-9(16)13(8,14)6-15(19,21-10)12(11,3)17/h4,9-10,16-19H,5-7H2,1-3H3. The van der Waals surface area contributed by atoms with Gasteiger partial charge in [-0.1, -0.05) is 18.6 Å². The highest BCUT2D eigenvalue weighted by Gasteiger charge is 2.84. The third-order valence-electron chi connectivity index (χ3n) is 7.02. The maximum Gasteiger partial charge on any atom is 0.199 e. The van der Waals surface area contributed by atoms with E-state index in [1.165, 1.54) is 6.92 Å². The van der Waals surface area contributed by atoms with Crippen molar-refractivity contribution in [3.05, 3.63) is 11.6 Å². The van der Waals surface area contributed by atoms with Crippen LogP contribution < -0.4 is 0 Å². The van der Waals surface area contributed by atoms with E-state index >= 15 is 0 Å². The number of fused-ring (bicyclic) bond motifs is 1. The lowest BCUT2D eigenvalue weighted by atomic mass is 9.43. The van der Waals surface area contributed by atoms with E-state index in [0.717, 1.165) is 5.57 Å². The summed E-state index contributed by atoms with van der Waals surface area (Å²) in [6.45, 7) is 5.02. The van der Waals surface area contributed by atoms with Crippen LogP contribution in [0.2, 0.25) is 0 Å². The van der Waals surface area contributed by atoms with Gasteiger partial charge in [0.15, 0.2) is 12.1 Å². The van der Waals surface area contributed by atoms with Crippen LogP contribution in [0.4, 0.5) is 0 Å². The van der Waals surface area contributed by atoms with E-state index in [4.69, 9.17) is 9.47 Å². The number of rotatable bonds is 0. The van der Waals surface area contributed by atoms with Gasteiger partial charge < -0.3 is 29.9 Å². The van der Waals surface area contributed by atoms with E-state index in [2.05, 4.69) is 0 Å². The van der Waals surface area contributed by atoms with Gasteiger partial charge in [-0.2, -0.15) is 0 Å². The Labute approximate surface area is 123 Å². The van der Waals surface area contributed by atoms with Crippen LogP contribution in [0, 0.1) is 10.8 Å². The molecule has 6 nitrogen and oxygen atoms in total. The summed E-state index contributed by atoms with van der Waals surface area (Å²) >= 11 is 0. The first-order chi connectivity index (χ1) is 9.56. The lowest BCUT2D eigenvalue weighted by molar-refractivity contribution is -0.440. The van der Waals surface area contributed by atoms with E-state index in [9.17, 15) is 20.4 Å². The van der Waals surface area contributed by atoms with Crippen LogP contribution >= 0.6 is 0 Å². The van der Waals surface area contributed by atoms with Crippen LogP contribution in [0.15, 0.2) is 11.6 Å². The predicted molar refractivity (Wildman–Crippen MR) is 70.9 cm³/mol. The largest absolute Gasteiger partial charge is 0.388 e. The number of hydrogen-bond acceptors (Lipinski definition) is 6. The molecule has 118 valence electrons. The molecule has 7 atom stereocenters. The minimum Gasteiger partial charge on any atom is -0.388 e. The summed E-state index contributed by atoms with van der Waals surface area (Å²) in [5.74, 6) is -1.87. The summed E-state index contributed by atoms with van der Waals surface area (Å²) in [5, 5.41) is 44.3. The monoisotopic (exact) mass is 298 g/mol. The minimum atomic E-state index is -1.87. The molecule has 5 aliphatic rings. The Hall–Kier alpha value is -0.500. The first-order valence-electron chi connectivity index (χ1n) is 7.38. The second-order valence-corrected chi connectivity index (χ2v) is 7.53. The first kappa shape index (κ1) is 14.1. The van der Waals surface area contributed by atoms with Gasteiger partial charge in [0.2, 0.25) is 0 Å². The highest BCUT2D eigenvalue weighted by Crippen LogP contribution is 2.72. The lowest BCUT2D eigenvalue weighted by Gasteiger charge is -2.68. The Bertz CT molecular complexity index is 556. The van der Waals surface area contributed by atoms with Crippen molar-refractivity contribution >= 4 is 0 Å². The molecule has 21 heavy (non-hydrogen) atoms. The zero-order valence-corrected chi connectivity index (χ0v) is 12.5. The Morgan fingerprint density at radius 2 is 1.90 bits per heavy atom. The average Bonchev–Trinajstić information content (AvgIpc) is 2.61. The van der Waals surface area contributed by atoms with Crippen LogP contribution in [0.1, 0.15) is 33.6 Å². The zero-order chi connectivity index (χ0) is 15.5. The summed E-state index contributed by atoms with van der Waals surface area (Å²) in [6, 6.07) is 0. The fourth-order valence-electron chi connectivity index (χ4n) is 5.24. The highest BCUT2D eigenvalue weighted by atomic mass is 16.8. The predicted octanol–water partition coefficient (Wildman–Crippen LogP) is -0.349. The topological polar surface area (TPSA) is 99.4 Å². The Kier molecular flexibility index (Phi) is 2.27. The fraction of sp³-hybridized carbons (Fsp3) is 0.867. The molecule has 4 fully saturated rings. The number of hydrogen-bond donors (Lipinski definition) is 4. The summed E-state index contributed by atoms with van der Waals surface area (Å²) in [7, 11) is 0. The third kappa shape index (κ3) is 1.08. The lowest BCUT2D eigenvalue weighted by Crippen LogP contribution is -2.82. The second kappa shape index (κ2) is 3.37. The van der Waals surface area contributed by atoms with Crippen molar-refractivity contribution in [2.45, 2.75) is 63.0 Å². The van der Waals surface area contributed by atoms with Gasteiger partial charge in [0.05, 0.1) is 23.0 Å². The molecule has 6 heteroatoms. The van der Waals surface area contributed by atoms with E-state index in [-0.39, 0.29) is 13.0 Å². The van der Waals surface area contributed by atoms with Crippen molar-refractivity contribution in [2.24, 2.45) is 10.8 Å². The van der Waals surface area contributed by atoms with Gasteiger partial charge in [-0.05, 0) is 20.3 Å². The molecule has 0 aromatic rings. The molecule has 4 bridgehead atoms. The first-order valence-corrected chi connectivity index (χ1v) is 7.38. The van der Waals surface area contributed by atoms with Crippen molar-refractivity contribution in [1.82, 2.24) is 0 Å². The molecule has 1 saturated carbocycles. The van der Waals surface area contributed by atoms with Crippen LogP contribution in [0.3, 0.4) is 0 Å². The van der Waals surface area contributed by atoms with E-state index in [0.29, 0.717) is 6.42 Å². The van der Waals surface area contributed by atoms with E-state index in [1.807, 2.05) is 13.0 Å². The summed E-state index contributed by atoms with van der Waals surface area (Å²) in [6.07, 6.45) is 0.000648. The quantitative estimate of drug-likeness (QED) is 0.456. The van der Waals surface area contributed by atoms with Gasteiger partial charge in [0.25, 0.3) is 0 Å². The van der Waals surface area contributed by atoms with E-state index in [1.54, 1.807) is 6.92 Å². The molecule has 3 aliphatic heterocycles. The molecule has 5 rings (SSSR count). The molecule has 0 aromatic carbocycles. The molecule has 3 heterocycles. The molecular formula is C15H22O6. The van der Waals surface area contributed by atoms with Crippen molar-refractivity contribution in [3.63, 3.8) is 0 Å². The third-order valence-corrected chi connectivity index (χ3v) is 7.02. The molecular weight excluding hydrogens is 276 g/mol. The average molecular weight is 298 g/mol. The minimum absolute atomic E-state index is 0.00338. The van der Waals surface area contributed by atoms with Gasteiger partial charge in [0.1, 0.15) is 11.7 Å². The van der Waals surface area contributed by atoms with Gasteiger partial charge in [-0.15, -0.1) is 0 Å². The van der Waals surface area contributed by atoms with Gasteiger partial charge >= 0.3 is 0 Å². The summed E-state index contributed by atoms with van der Waals surface area (Å²) in [5.41, 5.74) is -4.51. The molecule has 7 unspecified atom stereocenters. The molecule has 3 saturated heterocycles. The Balaban J connectivity index is 2.07. The van der Waals surface area contributed by atoms with Gasteiger partial charge in [-0.25, -0.2) is 0 Å². The number of aliphatic hydroxyl groups is 4. The Morgan fingerprint density at radius 1 is 1.24 bits per heavy atom. The van der Waals surface area contributed by atoms with E-state index < -0.39 is 40.2 Å². The normalized spacial score (nSPS) is 65.2. The van der Waals surface area contributed by atoms with Crippen molar-refractivity contribution < 1.29 is 29.9 Å². The number of aliphatic hydroxyl groups excluding tert-OH is 1. The molecule has 0 amide bonds. The van der Waals surface area contributed by atoms with Gasteiger partial charge in [0, 0.05) is 6.42 Å². The molecule has 2 aliphatic carbocycles. The van der Waals surface area contributed by atoms with Gasteiger partial charge in [-0.3, -0.25) is 0 Å². The molecule has 0 aromatic heterocycles. The molecule has 0 radical (unpaired) electrons. The van der Waals surface area contributed by atoms with Crippen LogP contribution in [-0.4, -0.2) is 56.4 Å². The SMILES string of the molecule is CC1=CCC2(O)C13CC1(O)OC(OCC2(C)C1(C)O)C3O. The number of ether oxygens (including phenoxy) is 2. The van der Waals surface area contributed by atoms with Crippen molar-refractivity contribution in [3.8, 4) is 0 Å². The van der Waals surface area contributed by atoms with Crippen LogP contribution in [0.5, 0.6) is 0 Å². The van der Waals surface area contributed by atoms with Crippen molar-refractivity contribution in [1.29, 1.82) is 0 Å². The zero-order valence-electron chi connectivity index (χ0n) is 12.5. The van der Waals surface area contributed by atoms with Crippen molar-refractivity contribution in [2.75, 3.05) is 6.61 Å². The fourth-order valence-corrected chi connectivity index (χ4v) is 5.24. The Morgan fingerprint density at radius 3 is 2.57 bits per heavy atom. The highest BCUT2D eigenvalue weighted by molar-refractivity contribution is 5.40. The summed E-state index contributed by atoms with van der Waals surface area (Å²) < 4.78 is 11.1. The summed E-state index contributed by atoms with van der Waals surface area (Å²) in [4.78, 5) is 0. The molecule has 4 N–H and O–H groups in total. The van der Waals surface area contributed by atoms with Crippen LogP contribution in [-0.2, 0) is 9.47 Å². The second-order valence-electron chi connectivity index (χ2n) is 7.53. The smallest absolute Gasteiger partial charge is 0.199 e. The maximum atomic E-state index is 11.5.